The highest BCUT2D eigenvalue weighted by molar-refractivity contribution is 5.93. The first-order valence-electron chi connectivity index (χ1n) is 10.2. The molecule has 1 atom stereocenters. The van der Waals surface area contributed by atoms with Crippen LogP contribution in [0.3, 0.4) is 0 Å². The van der Waals surface area contributed by atoms with Gasteiger partial charge < -0.3 is 10.2 Å². The van der Waals surface area contributed by atoms with E-state index in [1.165, 1.54) is 42.7 Å². The Kier molecular flexibility index (Phi) is 5.53. The van der Waals surface area contributed by atoms with Gasteiger partial charge >= 0.3 is 0 Å². The molecular weight excluding hydrogens is 340 g/mol. The molecule has 4 rings (SSSR count). The lowest BCUT2D eigenvalue weighted by Gasteiger charge is -2.36. The van der Waals surface area contributed by atoms with Crippen molar-refractivity contribution in [2.45, 2.75) is 51.0 Å². The molecule has 1 aliphatic carbocycles. The smallest absolute Gasteiger partial charge is 0.270 e. The van der Waals surface area contributed by atoms with E-state index in [0.717, 1.165) is 38.4 Å². The molecule has 0 bridgehead atoms. The van der Waals surface area contributed by atoms with Crippen LogP contribution in [0.5, 0.6) is 0 Å². The van der Waals surface area contributed by atoms with Crippen LogP contribution in [0, 0.1) is 5.92 Å². The van der Waals surface area contributed by atoms with Gasteiger partial charge in [-0.3, -0.25) is 14.0 Å². The Morgan fingerprint density at radius 2 is 2.00 bits per heavy atom. The molecule has 27 heavy (non-hydrogen) atoms. The Labute approximate surface area is 159 Å². The molecule has 1 aliphatic heterocycles. The second-order valence-corrected chi connectivity index (χ2v) is 7.98. The first-order chi connectivity index (χ1) is 13.2. The second kappa shape index (κ2) is 8.21. The number of nitrogens with one attached hydrogen (secondary N) is 1. The lowest BCUT2D eigenvalue weighted by Crippen LogP contribution is -2.49. The SMILES string of the molecule is O=C(NC1CCCN(CC2CCCCC2)C1)c1cnc2ccccn2c1=O. The number of hydrogen-bond donors (Lipinski definition) is 1. The van der Waals surface area contributed by atoms with Crippen molar-refractivity contribution < 1.29 is 4.79 Å². The summed E-state index contributed by atoms with van der Waals surface area (Å²) in [5.41, 5.74) is 0.353. The van der Waals surface area contributed by atoms with Crippen molar-refractivity contribution in [3.05, 3.63) is 46.5 Å². The number of pyridine rings is 1. The molecule has 1 saturated carbocycles. The molecular formula is C21H28N4O2. The van der Waals surface area contributed by atoms with Crippen LogP contribution in [0.4, 0.5) is 0 Å². The number of carbonyl (C=O) groups excluding carboxylic acids is 1. The molecule has 2 fully saturated rings. The number of amides is 1. The fraction of sp³-hybridized carbons (Fsp3) is 0.571. The molecule has 2 aliphatic rings. The van der Waals surface area contributed by atoms with E-state index in [1.807, 2.05) is 6.07 Å². The Morgan fingerprint density at radius 3 is 2.85 bits per heavy atom. The van der Waals surface area contributed by atoms with Crippen molar-refractivity contribution in [2.24, 2.45) is 5.92 Å². The van der Waals surface area contributed by atoms with Gasteiger partial charge in [0.15, 0.2) is 0 Å². The van der Waals surface area contributed by atoms with Crippen LogP contribution in [-0.4, -0.2) is 45.9 Å². The first kappa shape index (κ1) is 18.2. The summed E-state index contributed by atoms with van der Waals surface area (Å²) in [4.78, 5) is 32.0. The maximum absolute atomic E-state index is 12.7. The van der Waals surface area contributed by atoms with E-state index in [2.05, 4.69) is 15.2 Å². The molecule has 144 valence electrons. The third kappa shape index (κ3) is 4.21. The summed E-state index contributed by atoms with van der Waals surface area (Å²) in [6.45, 7) is 3.14. The number of piperidine rings is 1. The highest BCUT2D eigenvalue weighted by Crippen LogP contribution is 2.25. The fourth-order valence-electron chi connectivity index (χ4n) is 4.52. The molecule has 1 amide bonds. The minimum absolute atomic E-state index is 0.103. The molecule has 0 radical (unpaired) electrons. The van der Waals surface area contributed by atoms with Crippen LogP contribution in [0.15, 0.2) is 35.4 Å². The predicted molar refractivity (Wildman–Crippen MR) is 105 cm³/mol. The molecule has 1 saturated heterocycles. The zero-order chi connectivity index (χ0) is 18.6. The van der Waals surface area contributed by atoms with Gasteiger partial charge in [0.05, 0.1) is 0 Å². The van der Waals surface area contributed by atoms with Crippen molar-refractivity contribution in [1.82, 2.24) is 19.6 Å². The molecule has 2 aromatic rings. The van der Waals surface area contributed by atoms with Crippen LogP contribution in [0.25, 0.3) is 5.65 Å². The normalized spacial score (nSPS) is 22.0. The standard InChI is InChI=1S/C21H28N4O2/c26-20(18-13-22-19-10-4-5-12-25(19)21(18)27)23-17-9-6-11-24(15-17)14-16-7-2-1-3-8-16/h4-5,10,12-13,16-17H,1-3,6-9,11,14-15H2,(H,23,26). The Morgan fingerprint density at radius 1 is 1.15 bits per heavy atom. The highest BCUT2D eigenvalue weighted by Gasteiger charge is 2.25. The summed E-state index contributed by atoms with van der Waals surface area (Å²) in [5, 5.41) is 3.07. The van der Waals surface area contributed by atoms with Crippen molar-refractivity contribution in [3.63, 3.8) is 0 Å². The number of fused-ring (bicyclic) bond motifs is 1. The van der Waals surface area contributed by atoms with E-state index in [0.29, 0.717) is 5.65 Å². The predicted octanol–water partition coefficient (Wildman–Crippen LogP) is 2.47. The largest absolute Gasteiger partial charge is 0.348 e. The van der Waals surface area contributed by atoms with Crippen LogP contribution < -0.4 is 10.9 Å². The van der Waals surface area contributed by atoms with Gasteiger partial charge in [-0.2, -0.15) is 0 Å². The molecule has 3 heterocycles. The van der Waals surface area contributed by atoms with Crippen LogP contribution in [0.2, 0.25) is 0 Å². The van der Waals surface area contributed by atoms with Gasteiger partial charge in [0.25, 0.3) is 11.5 Å². The fourth-order valence-corrected chi connectivity index (χ4v) is 4.52. The molecule has 6 heteroatoms. The van der Waals surface area contributed by atoms with Crippen molar-refractivity contribution in [1.29, 1.82) is 0 Å². The van der Waals surface area contributed by atoms with Crippen LogP contribution >= 0.6 is 0 Å². The lowest BCUT2D eigenvalue weighted by molar-refractivity contribution is 0.0888. The van der Waals surface area contributed by atoms with Gasteiger partial charge in [0.1, 0.15) is 11.2 Å². The van der Waals surface area contributed by atoms with Crippen LogP contribution in [-0.2, 0) is 0 Å². The van der Waals surface area contributed by atoms with Crippen molar-refractivity contribution in [2.75, 3.05) is 19.6 Å². The number of likely N-dealkylation sites (tertiary alicyclic amines) is 1. The number of carbonyl (C=O) groups is 1. The average Bonchev–Trinajstić information content (AvgIpc) is 2.69. The van der Waals surface area contributed by atoms with Gasteiger partial charge in [0, 0.05) is 31.5 Å². The second-order valence-electron chi connectivity index (χ2n) is 7.98. The number of nitrogens with zero attached hydrogens (tertiary/aromatic N) is 3. The van der Waals surface area contributed by atoms with Gasteiger partial charge in [-0.05, 0) is 50.3 Å². The lowest BCUT2D eigenvalue weighted by atomic mass is 9.88. The summed E-state index contributed by atoms with van der Waals surface area (Å²) in [6, 6.07) is 5.45. The van der Waals surface area contributed by atoms with E-state index in [1.54, 1.807) is 18.3 Å². The molecule has 0 spiro atoms. The summed E-state index contributed by atoms with van der Waals surface area (Å²) in [7, 11) is 0. The Bertz CT molecular complexity index is 857. The van der Waals surface area contributed by atoms with Crippen molar-refractivity contribution in [3.8, 4) is 0 Å². The Hall–Kier alpha value is -2.21. The summed E-state index contributed by atoms with van der Waals surface area (Å²) >= 11 is 0. The maximum Gasteiger partial charge on any atom is 0.270 e. The van der Waals surface area contributed by atoms with E-state index >= 15 is 0 Å². The minimum Gasteiger partial charge on any atom is -0.348 e. The topological polar surface area (TPSA) is 66.7 Å². The first-order valence-corrected chi connectivity index (χ1v) is 10.2. The monoisotopic (exact) mass is 368 g/mol. The summed E-state index contributed by atoms with van der Waals surface area (Å²) in [5.74, 6) is 0.498. The average molecular weight is 368 g/mol. The van der Waals surface area contributed by atoms with Gasteiger partial charge in [-0.1, -0.05) is 25.3 Å². The van der Waals surface area contributed by atoms with E-state index in [9.17, 15) is 9.59 Å². The van der Waals surface area contributed by atoms with Gasteiger partial charge in [0.2, 0.25) is 0 Å². The van der Waals surface area contributed by atoms with E-state index < -0.39 is 0 Å². The zero-order valence-electron chi connectivity index (χ0n) is 15.8. The quantitative estimate of drug-likeness (QED) is 0.900. The van der Waals surface area contributed by atoms with Gasteiger partial charge in [-0.15, -0.1) is 0 Å². The zero-order valence-corrected chi connectivity index (χ0v) is 15.8. The number of aromatic nitrogens is 2. The molecule has 2 aromatic heterocycles. The molecule has 1 N–H and O–H groups in total. The number of rotatable bonds is 4. The molecule has 0 aromatic carbocycles. The number of hydrogen-bond acceptors (Lipinski definition) is 4. The van der Waals surface area contributed by atoms with E-state index in [4.69, 9.17) is 0 Å². The summed E-state index contributed by atoms with van der Waals surface area (Å²) in [6.07, 6.45) is 11.9. The van der Waals surface area contributed by atoms with Gasteiger partial charge in [-0.25, -0.2) is 4.98 Å². The third-order valence-corrected chi connectivity index (χ3v) is 5.94. The minimum atomic E-state index is -0.312. The highest BCUT2D eigenvalue weighted by atomic mass is 16.2. The maximum atomic E-state index is 12.7. The van der Waals surface area contributed by atoms with Crippen molar-refractivity contribution >= 4 is 11.6 Å². The third-order valence-electron chi connectivity index (χ3n) is 5.94. The van der Waals surface area contributed by atoms with Crippen LogP contribution in [0.1, 0.15) is 55.3 Å². The summed E-state index contributed by atoms with van der Waals surface area (Å²) < 4.78 is 1.42. The van der Waals surface area contributed by atoms with E-state index in [-0.39, 0.29) is 23.1 Å². The molecule has 1 unspecified atom stereocenters. The molecule has 6 nitrogen and oxygen atoms in total. The Balaban J connectivity index is 1.40.